The van der Waals surface area contributed by atoms with Crippen LogP contribution in [0.2, 0.25) is 0 Å². The number of morpholine rings is 1. The molecule has 21 heavy (non-hydrogen) atoms. The van der Waals surface area contributed by atoms with Gasteiger partial charge in [-0.05, 0) is 32.2 Å². The summed E-state index contributed by atoms with van der Waals surface area (Å²) < 4.78 is 10.5. The molecular formula is C15H25NO5. The van der Waals surface area contributed by atoms with Crippen molar-refractivity contribution in [1.82, 2.24) is 4.90 Å². The summed E-state index contributed by atoms with van der Waals surface area (Å²) in [6.45, 7) is 6.61. The lowest BCUT2D eigenvalue weighted by molar-refractivity contribution is -0.144. The Bertz CT molecular complexity index is 350. The second-order valence-electron chi connectivity index (χ2n) is 5.09. The van der Waals surface area contributed by atoms with Gasteiger partial charge in [0.2, 0.25) is 0 Å². The molecule has 1 fully saturated rings. The van der Waals surface area contributed by atoms with Crippen LogP contribution in [0.3, 0.4) is 0 Å². The monoisotopic (exact) mass is 299 g/mol. The number of unbranched alkanes of at least 4 members (excludes halogenated alkanes) is 1. The highest BCUT2D eigenvalue weighted by Gasteiger charge is 2.12. The van der Waals surface area contributed by atoms with E-state index in [-0.39, 0.29) is 6.10 Å². The lowest BCUT2D eigenvalue weighted by Crippen LogP contribution is -2.36. The molecule has 0 spiro atoms. The molecule has 1 N–H and O–H groups in total. The molecule has 1 atom stereocenters. The number of ether oxygens (including phenoxy) is 2. The molecule has 1 rings (SSSR count). The average molecular weight is 299 g/mol. The highest BCUT2D eigenvalue weighted by atomic mass is 16.5. The fourth-order valence-electron chi connectivity index (χ4n) is 2.22. The molecule has 0 amide bonds. The van der Waals surface area contributed by atoms with Gasteiger partial charge in [-0.2, -0.15) is 0 Å². The van der Waals surface area contributed by atoms with Crippen LogP contribution in [0, 0.1) is 0 Å². The zero-order valence-corrected chi connectivity index (χ0v) is 12.6. The molecule has 1 aliphatic rings. The predicted molar refractivity (Wildman–Crippen MR) is 78.1 cm³/mol. The number of nitrogens with zero attached hydrogens (tertiary/aromatic N) is 1. The minimum atomic E-state index is -1.15. The third-order valence-corrected chi connectivity index (χ3v) is 3.45. The molecule has 0 bridgehead atoms. The lowest BCUT2D eigenvalue weighted by Gasteiger charge is -2.26. The third-order valence-electron chi connectivity index (χ3n) is 3.45. The van der Waals surface area contributed by atoms with Crippen molar-refractivity contribution in [1.29, 1.82) is 0 Å². The van der Waals surface area contributed by atoms with Crippen LogP contribution in [0.15, 0.2) is 12.2 Å². The smallest absolute Gasteiger partial charge is 0.331 e. The number of hydrogen-bond acceptors (Lipinski definition) is 5. The Kier molecular flexibility index (Phi) is 8.69. The van der Waals surface area contributed by atoms with Crippen molar-refractivity contribution < 1.29 is 24.2 Å². The van der Waals surface area contributed by atoms with Crippen molar-refractivity contribution in [3.05, 3.63) is 12.2 Å². The fraction of sp³-hybridized carbons (Fsp3) is 0.733. The van der Waals surface area contributed by atoms with Gasteiger partial charge < -0.3 is 14.6 Å². The Morgan fingerprint density at radius 3 is 2.62 bits per heavy atom. The largest absolute Gasteiger partial charge is 0.478 e. The van der Waals surface area contributed by atoms with Crippen LogP contribution in [0.5, 0.6) is 0 Å². The first-order valence-corrected chi connectivity index (χ1v) is 7.53. The van der Waals surface area contributed by atoms with E-state index in [9.17, 15) is 9.59 Å². The molecule has 0 aromatic heterocycles. The molecule has 1 unspecified atom stereocenters. The maximum Gasteiger partial charge on any atom is 0.331 e. The highest BCUT2D eigenvalue weighted by molar-refractivity contribution is 5.90. The standard InChI is InChI=1S/C15H25NO5/c1-2-13(21-15(19)7-6-14(17)18)5-3-4-8-16-9-11-20-12-10-16/h6-7,13H,2-5,8-12H2,1H3,(H,17,18)/b7-6+. The number of carboxylic acids is 1. The minimum absolute atomic E-state index is 0.138. The maximum absolute atomic E-state index is 11.4. The highest BCUT2D eigenvalue weighted by Crippen LogP contribution is 2.10. The summed E-state index contributed by atoms with van der Waals surface area (Å²) in [4.78, 5) is 24.1. The van der Waals surface area contributed by atoms with E-state index in [2.05, 4.69) is 4.90 Å². The van der Waals surface area contributed by atoms with Crippen molar-refractivity contribution in [2.24, 2.45) is 0 Å². The van der Waals surface area contributed by atoms with Gasteiger partial charge in [-0.15, -0.1) is 0 Å². The van der Waals surface area contributed by atoms with E-state index in [1.54, 1.807) is 0 Å². The molecule has 6 heteroatoms. The summed E-state index contributed by atoms with van der Waals surface area (Å²) in [5.41, 5.74) is 0. The molecule has 1 saturated heterocycles. The molecule has 0 aromatic rings. The number of carbonyl (C=O) groups excluding carboxylic acids is 1. The van der Waals surface area contributed by atoms with Crippen LogP contribution in [0.4, 0.5) is 0 Å². The van der Waals surface area contributed by atoms with Gasteiger partial charge in [0.25, 0.3) is 0 Å². The first kappa shape index (κ1) is 17.7. The Hall–Kier alpha value is -1.40. The van der Waals surface area contributed by atoms with Crippen molar-refractivity contribution >= 4 is 11.9 Å². The van der Waals surface area contributed by atoms with Gasteiger partial charge in [-0.25, -0.2) is 9.59 Å². The summed E-state index contributed by atoms with van der Waals surface area (Å²) >= 11 is 0. The zero-order chi connectivity index (χ0) is 15.5. The van der Waals surface area contributed by atoms with Crippen LogP contribution in [-0.2, 0) is 19.1 Å². The summed E-state index contributed by atoms with van der Waals surface area (Å²) in [5.74, 6) is -1.73. The molecule has 6 nitrogen and oxygen atoms in total. The Morgan fingerprint density at radius 2 is 2.00 bits per heavy atom. The van der Waals surface area contributed by atoms with Crippen molar-refractivity contribution in [2.45, 2.75) is 38.7 Å². The van der Waals surface area contributed by atoms with Crippen LogP contribution >= 0.6 is 0 Å². The molecule has 0 saturated carbocycles. The molecule has 0 aliphatic carbocycles. The van der Waals surface area contributed by atoms with Gasteiger partial charge in [-0.1, -0.05) is 6.92 Å². The van der Waals surface area contributed by atoms with E-state index in [0.29, 0.717) is 0 Å². The van der Waals surface area contributed by atoms with Gasteiger partial charge in [0, 0.05) is 25.2 Å². The van der Waals surface area contributed by atoms with Gasteiger partial charge in [0.15, 0.2) is 0 Å². The van der Waals surface area contributed by atoms with E-state index >= 15 is 0 Å². The second kappa shape index (κ2) is 10.3. The zero-order valence-electron chi connectivity index (χ0n) is 12.6. The lowest BCUT2D eigenvalue weighted by atomic mass is 10.1. The van der Waals surface area contributed by atoms with Crippen molar-refractivity contribution in [3.8, 4) is 0 Å². The third kappa shape index (κ3) is 8.47. The first-order chi connectivity index (χ1) is 10.1. The fourth-order valence-corrected chi connectivity index (χ4v) is 2.22. The minimum Gasteiger partial charge on any atom is -0.478 e. The van der Waals surface area contributed by atoms with Crippen molar-refractivity contribution in [3.63, 3.8) is 0 Å². The van der Waals surface area contributed by atoms with E-state index in [1.165, 1.54) is 0 Å². The summed E-state index contributed by atoms with van der Waals surface area (Å²) in [5, 5.41) is 8.44. The molecule has 120 valence electrons. The molecule has 0 aromatic carbocycles. The maximum atomic E-state index is 11.4. The number of aliphatic carboxylic acids is 1. The Labute approximate surface area is 125 Å². The van der Waals surface area contributed by atoms with Crippen LogP contribution < -0.4 is 0 Å². The van der Waals surface area contributed by atoms with Crippen LogP contribution in [-0.4, -0.2) is 60.9 Å². The SMILES string of the molecule is CCC(CCCCN1CCOCC1)OC(=O)/C=C/C(=O)O. The van der Waals surface area contributed by atoms with E-state index in [0.717, 1.165) is 70.7 Å². The predicted octanol–water partition coefficient (Wildman–Crippen LogP) is 1.45. The number of carboxylic acid groups (broad SMARTS) is 1. The number of hydrogen-bond donors (Lipinski definition) is 1. The summed E-state index contributed by atoms with van der Waals surface area (Å²) in [6.07, 6.45) is 5.23. The first-order valence-electron chi connectivity index (χ1n) is 7.53. The Balaban J connectivity index is 2.15. The quantitative estimate of drug-likeness (QED) is 0.394. The van der Waals surface area contributed by atoms with E-state index < -0.39 is 11.9 Å². The number of carbonyl (C=O) groups is 2. The van der Waals surface area contributed by atoms with Gasteiger partial charge in [0.05, 0.1) is 13.2 Å². The van der Waals surface area contributed by atoms with Crippen LogP contribution in [0.25, 0.3) is 0 Å². The van der Waals surface area contributed by atoms with E-state index in [1.807, 2.05) is 6.92 Å². The molecule has 1 heterocycles. The van der Waals surface area contributed by atoms with E-state index in [4.69, 9.17) is 14.6 Å². The van der Waals surface area contributed by atoms with Gasteiger partial charge in [0.1, 0.15) is 6.10 Å². The van der Waals surface area contributed by atoms with Crippen LogP contribution in [0.1, 0.15) is 32.6 Å². The average Bonchev–Trinajstić information content (AvgIpc) is 2.49. The number of esters is 1. The summed E-state index contributed by atoms with van der Waals surface area (Å²) in [7, 11) is 0. The molecular weight excluding hydrogens is 274 g/mol. The Morgan fingerprint density at radius 1 is 1.29 bits per heavy atom. The molecule has 0 radical (unpaired) electrons. The van der Waals surface area contributed by atoms with Gasteiger partial charge >= 0.3 is 11.9 Å². The normalized spacial score (nSPS) is 17.8. The summed E-state index contributed by atoms with van der Waals surface area (Å²) in [6, 6.07) is 0. The topological polar surface area (TPSA) is 76.1 Å². The van der Waals surface area contributed by atoms with Crippen molar-refractivity contribution in [2.75, 3.05) is 32.8 Å². The number of rotatable bonds is 9. The van der Waals surface area contributed by atoms with Gasteiger partial charge in [-0.3, -0.25) is 4.90 Å². The molecule has 1 aliphatic heterocycles. The second-order valence-corrected chi connectivity index (χ2v) is 5.09.